The summed E-state index contributed by atoms with van der Waals surface area (Å²) in [6.07, 6.45) is 2.22. The lowest BCUT2D eigenvalue weighted by molar-refractivity contribution is 0.213. The molecule has 3 aromatic rings. The predicted molar refractivity (Wildman–Crippen MR) is 91.0 cm³/mol. The fourth-order valence-electron chi connectivity index (χ4n) is 2.60. The zero-order valence-corrected chi connectivity index (χ0v) is 14.1. The highest BCUT2D eigenvalue weighted by atomic mass is 16.5. The van der Waals surface area contributed by atoms with Crippen LogP contribution in [0.3, 0.4) is 0 Å². The Hall–Kier alpha value is -3.03. The van der Waals surface area contributed by atoms with Crippen molar-refractivity contribution in [1.29, 1.82) is 0 Å². The summed E-state index contributed by atoms with van der Waals surface area (Å²) in [7, 11) is 1.69. The quantitative estimate of drug-likeness (QED) is 0.785. The topological polar surface area (TPSA) is 97.0 Å². The van der Waals surface area contributed by atoms with Crippen molar-refractivity contribution in [3.05, 3.63) is 41.7 Å². The fourth-order valence-corrected chi connectivity index (χ4v) is 2.60. The Morgan fingerprint density at radius 3 is 3.00 bits per heavy atom. The van der Waals surface area contributed by atoms with E-state index in [0.29, 0.717) is 17.5 Å². The lowest BCUT2D eigenvalue weighted by Crippen LogP contribution is -2.31. The van der Waals surface area contributed by atoms with Gasteiger partial charge in [0.1, 0.15) is 6.54 Å². The number of nitrogens with one attached hydrogen (secondary N) is 1. The molecule has 1 aliphatic carbocycles. The Balaban J connectivity index is 1.48. The van der Waals surface area contributed by atoms with Gasteiger partial charge in [0.15, 0.2) is 5.82 Å². The van der Waals surface area contributed by atoms with Gasteiger partial charge in [0.05, 0.1) is 16.9 Å². The van der Waals surface area contributed by atoms with Crippen molar-refractivity contribution < 1.29 is 9.32 Å². The summed E-state index contributed by atoms with van der Waals surface area (Å²) >= 11 is 0. The van der Waals surface area contributed by atoms with Crippen molar-refractivity contribution >= 4 is 22.6 Å². The first kappa shape index (κ1) is 15.5. The molecule has 0 bridgehead atoms. The molecule has 0 unspecified atom stereocenters. The molecular weight excluding hydrogens is 320 g/mol. The third-order valence-electron chi connectivity index (χ3n) is 4.14. The Labute approximate surface area is 144 Å². The maximum absolute atomic E-state index is 12.5. The summed E-state index contributed by atoms with van der Waals surface area (Å²) in [4.78, 5) is 18.3. The third kappa shape index (κ3) is 3.28. The lowest BCUT2D eigenvalue weighted by Gasteiger charge is -2.16. The zero-order chi connectivity index (χ0) is 17.4. The summed E-state index contributed by atoms with van der Waals surface area (Å²) in [5, 5.41) is 15.9. The van der Waals surface area contributed by atoms with Gasteiger partial charge < -0.3 is 14.7 Å². The second-order valence-corrected chi connectivity index (χ2v) is 6.33. The molecule has 8 heteroatoms. The molecular formula is C17H18N6O2. The van der Waals surface area contributed by atoms with Crippen LogP contribution in [0.1, 0.15) is 36.2 Å². The number of aryl methyl sites for hydroxylation is 1. The van der Waals surface area contributed by atoms with E-state index in [0.717, 1.165) is 35.3 Å². The van der Waals surface area contributed by atoms with Gasteiger partial charge in [0.25, 0.3) is 0 Å². The van der Waals surface area contributed by atoms with Gasteiger partial charge in [-0.1, -0.05) is 11.2 Å². The molecule has 4 rings (SSSR count). The number of amides is 2. The minimum Gasteiger partial charge on any atom is -0.337 e. The Morgan fingerprint density at radius 2 is 2.20 bits per heavy atom. The molecule has 0 spiro atoms. The van der Waals surface area contributed by atoms with E-state index in [1.54, 1.807) is 7.05 Å². The van der Waals surface area contributed by atoms with Gasteiger partial charge >= 0.3 is 6.03 Å². The molecule has 1 N–H and O–H groups in total. The van der Waals surface area contributed by atoms with Crippen LogP contribution in [0, 0.1) is 6.92 Å². The monoisotopic (exact) mass is 338 g/mol. The summed E-state index contributed by atoms with van der Waals surface area (Å²) in [6.45, 7) is 2.12. The van der Waals surface area contributed by atoms with Crippen LogP contribution < -0.4 is 5.32 Å². The van der Waals surface area contributed by atoms with Crippen LogP contribution in [0.15, 0.2) is 28.8 Å². The van der Waals surface area contributed by atoms with Crippen LogP contribution in [0.2, 0.25) is 0 Å². The number of rotatable bonds is 4. The molecule has 2 amide bonds. The van der Waals surface area contributed by atoms with Crippen LogP contribution in [0.25, 0.3) is 10.9 Å². The van der Waals surface area contributed by atoms with Gasteiger partial charge in [-0.2, -0.15) is 15.2 Å². The molecule has 0 radical (unpaired) electrons. The fraction of sp³-hybridized carbons (Fsp3) is 0.353. The molecule has 25 heavy (non-hydrogen) atoms. The van der Waals surface area contributed by atoms with E-state index in [1.165, 1.54) is 4.90 Å². The molecule has 1 aromatic carbocycles. The maximum atomic E-state index is 12.5. The predicted octanol–water partition coefficient (Wildman–Crippen LogP) is 2.86. The van der Waals surface area contributed by atoms with Gasteiger partial charge in [-0.15, -0.1) is 0 Å². The average Bonchev–Trinajstić information content (AvgIpc) is 3.35. The van der Waals surface area contributed by atoms with Crippen LogP contribution in [0.4, 0.5) is 10.5 Å². The molecule has 1 saturated carbocycles. The minimum atomic E-state index is -0.256. The first-order chi connectivity index (χ1) is 12.1. The molecule has 0 saturated heterocycles. The van der Waals surface area contributed by atoms with Crippen molar-refractivity contribution in [3.8, 4) is 0 Å². The highest BCUT2D eigenvalue weighted by Crippen LogP contribution is 2.38. The molecule has 128 valence electrons. The van der Waals surface area contributed by atoms with Crippen LogP contribution in [-0.4, -0.2) is 38.3 Å². The van der Waals surface area contributed by atoms with Crippen molar-refractivity contribution in [1.82, 2.24) is 25.2 Å². The molecule has 1 aliphatic rings. The van der Waals surface area contributed by atoms with Crippen molar-refractivity contribution in [2.45, 2.75) is 32.2 Å². The number of urea groups is 1. The van der Waals surface area contributed by atoms with E-state index < -0.39 is 0 Å². The van der Waals surface area contributed by atoms with Crippen molar-refractivity contribution in [2.24, 2.45) is 0 Å². The maximum Gasteiger partial charge on any atom is 0.322 e. The summed E-state index contributed by atoms with van der Waals surface area (Å²) in [5.41, 5.74) is 2.22. The van der Waals surface area contributed by atoms with Gasteiger partial charge in [0, 0.05) is 18.4 Å². The molecule has 0 atom stereocenters. The summed E-state index contributed by atoms with van der Waals surface area (Å²) < 4.78 is 5.22. The van der Waals surface area contributed by atoms with Gasteiger partial charge in [-0.05, 0) is 38.0 Å². The average molecular weight is 338 g/mol. The van der Waals surface area contributed by atoms with Gasteiger partial charge in [-0.3, -0.25) is 0 Å². The summed E-state index contributed by atoms with van der Waals surface area (Å²) in [6, 6.07) is 7.18. The summed E-state index contributed by atoms with van der Waals surface area (Å²) in [5.74, 6) is 1.61. The van der Waals surface area contributed by atoms with E-state index in [1.807, 2.05) is 31.2 Å². The third-order valence-corrected chi connectivity index (χ3v) is 4.14. The highest BCUT2D eigenvalue weighted by molar-refractivity contribution is 6.00. The standard InChI is InChI=1S/C17H18N6O2/c1-10-8-12-13(4-3-5-14(12)21-20-10)18-17(24)23(2)9-15-19-16(22-25-15)11-6-7-11/h3-5,8,11H,6-7,9H2,1-2H3,(H,18,24). The first-order valence-electron chi connectivity index (χ1n) is 8.18. The first-order valence-corrected chi connectivity index (χ1v) is 8.18. The largest absolute Gasteiger partial charge is 0.337 e. The number of hydrogen-bond acceptors (Lipinski definition) is 6. The second kappa shape index (κ2) is 6.12. The Bertz CT molecular complexity index is 934. The lowest BCUT2D eigenvalue weighted by atomic mass is 10.2. The van der Waals surface area contributed by atoms with E-state index in [4.69, 9.17) is 4.52 Å². The molecule has 2 aromatic heterocycles. The smallest absolute Gasteiger partial charge is 0.322 e. The van der Waals surface area contributed by atoms with Crippen LogP contribution >= 0.6 is 0 Å². The van der Waals surface area contributed by atoms with E-state index >= 15 is 0 Å². The number of carbonyl (C=O) groups is 1. The Morgan fingerprint density at radius 1 is 1.36 bits per heavy atom. The molecule has 8 nitrogen and oxygen atoms in total. The zero-order valence-electron chi connectivity index (χ0n) is 14.1. The number of aromatic nitrogens is 4. The molecule has 2 heterocycles. The van der Waals surface area contributed by atoms with Gasteiger partial charge in [-0.25, -0.2) is 4.79 Å². The van der Waals surface area contributed by atoms with Crippen molar-refractivity contribution in [3.63, 3.8) is 0 Å². The molecule has 0 aliphatic heterocycles. The number of nitrogens with zero attached hydrogens (tertiary/aromatic N) is 5. The van der Waals surface area contributed by atoms with Gasteiger partial charge in [0.2, 0.25) is 5.89 Å². The Kier molecular flexibility index (Phi) is 3.79. The SMILES string of the molecule is Cc1cc2c(NC(=O)N(C)Cc3nc(C4CC4)no3)cccc2nn1. The number of carbonyl (C=O) groups excluding carboxylic acids is 1. The normalized spacial score (nSPS) is 13.8. The molecule has 1 fully saturated rings. The van der Waals surface area contributed by atoms with E-state index in [-0.39, 0.29) is 12.6 Å². The number of fused-ring (bicyclic) bond motifs is 1. The van der Waals surface area contributed by atoms with Crippen LogP contribution in [0.5, 0.6) is 0 Å². The minimum absolute atomic E-state index is 0.256. The number of benzene rings is 1. The number of anilines is 1. The van der Waals surface area contributed by atoms with E-state index in [2.05, 4.69) is 25.7 Å². The second-order valence-electron chi connectivity index (χ2n) is 6.33. The van der Waals surface area contributed by atoms with Crippen LogP contribution in [-0.2, 0) is 6.54 Å². The highest BCUT2D eigenvalue weighted by Gasteiger charge is 2.29. The number of hydrogen-bond donors (Lipinski definition) is 1. The van der Waals surface area contributed by atoms with Crippen molar-refractivity contribution in [2.75, 3.05) is 12.4 Å². The van der Waals surface area contributed by atoms with E-state index in [9.17, 15) is 4.79 Å².